The van der Waals surface area contributed by atoms with Crippen LogP contribution < -0.4 is 0 Å². The van der Waals surface area contributed by atoms with E-state index < -0.39 is 0 Å². The van der Waals surface area contributed by atoms with Crippen LogP contribution >= 0.6 is 0 Å². The van der Waals surface area contributed by atoms with Gasteiger partial charge in [0.2, 0.25) is 0 Å². The van der Waals surface area contributed by atoms with Gasteiger partial charge in [0.25, 0.3) is 0 Å². The monoisotopic (exact) mass is 235 g/mol. The molecule has 96 valence electrons. The highest BCUT2D eigenvalue weighted by molar-refractivity contribution is 5.20. The van der Waals surface area contributed by atoms with Gasteiger partial charge in [0, 0.05) is 13.1 Å². The number of benzene rings is 1. The van der Waals surface area contributed by atoms with Gasteiger partial charge in [0.15, 0.2) is 0 Å². The second-order valence-electron chi connectivity index (χ2n) is 4.89. The van der Waals surface area contributed by atoms with E-state index in [0.717, 1.165) is 13.1 Å². The van der Waals surface area contributed by atoms with Crippen LogP contribution in [0.2, 0.25) is 0 Å². The molecule has 0 spiro atoms. The van der Waals surface area contributed by atoms with E-state index in [0.29, 0.717) is 11.8 Å². The number of likely N-dealkylation sites (N-methyl/N-ethyl adjacent to an activating group) is 1. The molecule has 2 atom stereocenters. The number of aliphatic hydroxyl groups excluding tert-OH is 1. The SMILES string of the molecule is CCC(C)C(CN(C)CCO)c1ccccc1. The van der Waals surface area contributed by atoms with E-state index in [2.05, 4.69) is 56.1 Å². The van der Waals surface area contributed by atoms with Gasteiger partial charge in [-0.25, -0.2) is 0 Å². The molecule has 1 aromatic rings. The summed E-state index contributed by atoms with van der Waals surface area (Å²) in [6.07, 6.45) is 1.19. The molecule has 2 unspecified atom stereocenters. The molecule has 0 fully saturated rings. The first-order valence-electron chi connectivity index (χ1n) is 6.53. The zero-order chi connectivity index (χ0) is 12.7. The Labute approximate surface area is 105 Å². The summed E-state index contributed by atoms with van der Waals surface area (Å²) in [5.41, 5.74) is 1.41. The average Bonchev–Trinajstić information content (AvgIpc) is 2.36. The van der Waals surface area contributed by atoms with Crippen LogP contribution in [-0.4, -0.2) is 36.8 Å². The lowest BCUT2D eigenvalue weighted by atomic mass is 9.85. The number of nitrogens with zero attached hydrogens (tertiary/aromatic N) is 1. The van der Waals surface area contributed by atoms with Crippen molar-refractivity contribution in [1.29, 1.82) is 0 Å². The number of rotatable bonds is 7. The zero-order valence-electron chi connectivity index (χ0n) is 11.3. The highest BCUT2D eigenvalue weighted by atomic mass is 16.3. The van der Waals surface area contributed by atoms with Crippen LogP contribution in [-0.2, 0) is 0 Å². The van der Waals surface area contributed by atoms with Crippen LogP contribution in [0.1, 0.15) is 31.7 Å². The van der Waals surface area contributed by atoms with E-state index in [4.69, 9.17) is 5.11 Å². The lowest BCUT2D eigenvalue weighted by Crippen LogP contribution is -2.30. The van der Waals surface area contributed by atoms with Crippen molar-refractivity contribution in [3.63, 3.8) is 0 Å². The third kappa shape index (κ3) is 4.49. The van der Waals surface area contributed by atoms with Crippen molar-refractivity contribution in [2.24, 2.45) is 5.92 Å². The van der Waals surface area contributed by atoms with Crippen molar-refractivity contribution in [3.05, 3.63) is 35.9 Å². The van der Waals surface area contributed by atoms with E-state index in [1.165, 1.54) is 12.0 Å². The van der Waals surface area contributed by atoms with Gasteiger partial charge in [-0.2, -0.15) is 0 Å². The van der Waals surface area contributed by atoms with E-state index in [1.807, 2.05) is 0 Å². The molecule has 1 rings (SSSR count). The minimum Gasteiger partial charge on any atom is -0.395 e. The zero-order valence-corrected chi connectivity index (χ0v) is 11.3. The first kappa shape index (κ1) is 14.2. The van der Waals surface area contributed by atoms with Crippen molar-refractivity contribution < 1.29 is 5.11 Å². The fourth-order valence-electron chi connectivity index (χ4n) is 2.20. The first-order valence-corrected chi connectivity index (χ1v) is 6.53. The van der Waals surface area contributed by atoms with Gasteiger partial charge < -0.3 is 10.0 Å². The summed E-state index contributed by atoms with van der Waals surface area (Å²) in [5, 5.41) is 8.97. The van der Waals surface area contributed by atoms with Crippen molar-refractivity contribution in [1.82, 2.24) is 4.90 Å². The highest BCUT2D eigenvalue weighted by Crippen LogP contribution is 2.27. The molecule has 0 aliphatic rings. The molecule has 17 heavy (non-hydrogen) atoms. The Balaban J connectivity index is 2.74. The number of aliphatic hydroxyl groups is 1. The quantitative estimate of drug-likeness (QED) is 0.785. The molecule has 2 heteroatoms. The minimum absolute atomic E-state index is 0.235. The van der Waals surface area contributed by atoms with Crippen LogP contribution in [0.3, 0.4) is 0 Å². The molecule has 0 saturated heterocycles. The predicted molar refractivity (Wildman–Crippen MR) is 73.2 cm³/mol. The Hall–Kier alpha value is -0.860. The molecular weight excluding hydrogens is 210 g/mol. The fourth-order valence-corrected chi connectivity index (χ4v) is 2.20. The predicted octanol–water partition coefficient (Wildman–Crippen LogP) is 2.74. The van der Waals surface area contributed by atoms with Gasteiger partial charge >= 0.3 is 0 Å². The Kier molecular flexibility index (Phi) is 6.23. The molecule has 0 radical (unpaired) electrons. The summed E-state index contributed by atoms with van der Waals surface area (Å²) in [6, 6.07) is 10.7. The first-order chi connectivity index (χ1) is 8.19. The van der Waals surface area contributed by atoms with Crippen LogP contribution in [0.25, 0.3) is 0 Å². The second-order valence-corrected chi connectivity index (χ2v) is 4.89. The summed E-state index contributed by atoms with van der Waals surface area (Å²) in [5.74, 6) is 1.22. The highest BCUT2D eigenvalue weighted by Gasteiger charge is 2.19. The molecule has 0 heterocycles. The number of hydrogen-bond acceptors (Lipinski definition) is 2. The summed E-state index contributed by atoms with van der Waals surface area (Å²) in [6.45, 7) is 6.55. The lowest BCUT2D eigenvalue weighted by molar-refractivity contribution is 0.203. The molecular formula is C15H25NO. The Morgan fingerprint density at radius 3 is 2.41 bits per heavy atom. The normalized spacial score (nSPS) is 14.9. The fraction of sp³-hybridized carbons (Fsp3) is 0.600. The Bertz CT molecular complexity index is 299. The maximum absolute atomic E-state index is 8.97. The lowest BCUT2D eigenvalue weighted by Gasteiger charge is -2.28. The minimum atomic E-state index is 0.235. The van der Waals surface area contributed by atoms with E-state index in [-0.39, 0.29) is 6.61 Å². The van der Waals surface area contributed by atoms with Crippen LogP contribution in [0, 0.1) is 5.92 Å². The van der Waals surface area contributed by atoms with Crippen molar-refractivity contribution >= 4 is 0 Å². The topological polar surface area (TPSA) is 23.5 Å². The maximum atomic E-state index is 8.97. The molecule has 0 bridgehead atoms. The molecule has 1 aromatic carbocycles. The van der Waals surface area contributed by atoms with E-state index in [1.54, 1.807) is 0 Å². The second kappa shape index (κ2) is 7.46. The molecule has 2 nitrogen and oxygen atoms in total. The average molecular weight is 235 g/mol. The van der Waals surface area contributed by atoms with E-state index >= 15 is 0 Å². The van der Waals surface area contributed by atoms with Gasteiger partial charge in [-0.1, -0.05) is 50.6 Å². The molecule has 0 aliphatic carbocycles. The van der Waals surface area contributed by atoms with Crippen molar-refractivity contribution in [3.8, 4) is 0 Å². The van der Waals surface area contributed by atoms with Gasteiger partial charge in [-0.3, -0.25) is 0 Å². The largest absolute Gasteiger partial charge is 0.395 e. The number of hydrogen-bond donors (Lipinski definition) is 1. The van der Waals surface area contributed by atoms with Crippen molar-refractivity contribution in [2.75, 3.05) is 26.7 Å². The molecule has 0 aromatic heterocycles. The van der Waals surface area contributed by atoms with E-state index in [9.17, 15) is 0 Å². The standard InChI is InChI=1S/C15H25NO/c1-4-13(2)15(12-16(3)10-11-17)14-8-6-5-7-9-14/h5-9,13,15,17H,4,10-12H2,1-3H3. The summed E-state index contributed by atoms with van der Waals surface area (Å²) < 4.78 is 0. The molecule has 0 saturated carbocycles. The van der Waals surface area contributed by atoms with Crippen LogP contribution in [0.5, 0.6) is 0 Å². The third-order valence-corrected chi connectivity index (χ3v) is 3.55. The van der Waals surface area contributed by atoms with Crippen molar-refractivity contribution in [2.45, 2.75) is 26.2 Å². The Morgan fingerprint density at radius 1 is 1.24 bits per heavy atom. The Morgan fingerprint density at radius 2 is 1.88 bits per heavy atom. The third-order valence-electron chi connectivity index (χ3n) is 3.55. The molecule has 1 N–H and O–H groups in total. The summed E-state index contributed by atoms with van der Waals surface area (Å²) in [7, 11) is 2.08. The van der Waals surface area contributed by atoms with Crippen LogP contribution in [0.15, 0.2) is 30.3 Å². The van der Waals surface area contributed by atoms with Gasteiger partial charge in [-0.15, -0.1) is 0 Å². The van der Waals surface area contributed by atoms with Gasteiger partial charge in [0.05, 0.1) is 6.61 Å². The molecule has 0 amide bonds. The maximum Gasteiger partial charge on any atom is 0.0558 e. The van der Waals surface area contributed by atoms with Gasteiger partial charge in [0.1, 0.15) is 0 Å². The summed E-state index contributed by atoms with van der Waals surface area (Å²) >= 11 is 0. The smallest absolute Gasteiger partial charge is 0.0558 e. The summed E-state index contributed by atoms with van der Waals surface area (Å²) in [4.78, 5) is 2.21. The molecule has 0 aliphatic heterocycles. The van der Waals surface area contributed by atoms with Crippen LogP contribution in [0.4, 0.5) is 0 Å². The van der Waals surface area contributed by atoms with Gasteiger partial charge in [-0.05, 0) is 24.4 Å².